The topological polar surface area (TPSA) is 46.9 Å². The van der Waals surface area contributed by atoms with Gasteiger partial charge < -0.3 is 5.32 Å². The largest absolute Gasteiger partial charge is 0.322 e. The lowest BCUT2D eigenvalue weighted by molar-refractivity contribution is -0.111. The summed E-state index contributed by atoms with van der Waals surface area (Å²) in [6, 6.07) is 7.88. The maximum absolute atomic E-state index is 12.0. The number of carbonyl (C=O) groups excluding carboxylic acids is 1. The molecule has 0 aliphatic carbocycles. The van der Waals surface area contributed by atoms with Gasteiger partial charge in [0.15, 0.2) is 0 Å². The summed E-state index contributed by atoms with van der Waals surface area (Å²) in [6.45, 7) is 7.07. The second kappa shape index (κ2) is 6.88. The number of hydrogen-bond acceptors (Lipinski definition) is 2. The molecule has 1 aromatic carbocycles. The molecule has 0 fully saturated rings. The molecule has 1 N–H and O–H groups in total. The van der Waals surface area contributed by atoms with Crippen molar-refractivity contribution in [1.29, 1.82) is 0 Å². The summed E-state index contributed by atoms with van der Waals surface area (Å²) < 4.78 is 1.83. The fourth-order valence-electron chi connectivity index (χ4n) is 2.10. The Labute approximate surface area is 125 Å². The van der Waals surface area contributed by atoms with E-state index < -0.39 is 0 Å². The molecule has 0 radical (unpaired) electrons. The highest BCUT2D eigenvalue weighted by Gasteiger charge is 2.07. The second-order valence-electron chi connectivity index (χ2n) is 5.19. The predicted molar refractivity (Wildman–Crippen MR) is 86.1 cm³/mol. The first-order valence-electron chi connectivity index (χ1n) is 7.20. The van der Waals surface area contributed by atoms with Gasteiger partial charge >= 0.3 is 0 Å². The number of rotatable bonds is 5. The lowest BCUT2D eigenvalue weighted by Gasteiger charge is -2.12. The molecule has 0 aliphatic rings. The number of carbonyl (C=O) groups is 1. The van der Waals surface area contributed by atoms with Crippen molar-refractivity contribution in [3.05, 3.63) is 53.9 Å². The van der Waals surface area contributed by atoms with E-state index in [4.69, 9.17) is 0 Å². The van der Waals surface area contributed by atoms with Crippen molar-refractivity contribution in [2.75, 3.05) is 5.32 Å². The van der Waals surface area contributed by atoms with E-state index in [1.165, 1.54) is 6.08 Å². The van der Waals surface area contributed by atoms with E-state index in [2.05, 4.69) is 24.3 Å². The number of nitrogens with one attached hydrogen (secondary N) is 1. The van der Waals surface area contributed by atoms with Gasteiger partial charge in [0.05, 0.1) is 6.20 Å². The maximum Gasteiger partial charge on any atom is 0.248 e. The molecule has 110 valence electrons. The van der Waals surface area contributed by atoms with Crippen LogP contribution in [0, 0.1) is 0 Å². The fourth-order valence-corrected chi connectivity index (χ4v) is 2.10. The van der Waals surface area contributed by atoms with Gasteiger partial charge in [0.1, 0.15) is 0 Å². The van der Waals surface area contributed by atoms with E-state index in [-0.39, 0.29) is 5.91 Å². The zero-order chi connectivity index (χ0) is 15.2. The monoisotopic (exact) mass is 283 g/mol. The molecule has 4 heteroatoms. The number of aromatic nitrogens is 2. The molecule has 1 amide bonds. The first-order chi connectivity index (χ1) is 10.1. The molecule has 2 rings (SSSR count). The summed E-state index contributed by atoms with van der Waals surface area (Å²) >= 11 is 0. The average Bonchev–Trinajstić information content (AvgIpc) is 2.93. The zero-order valence-corrected chi connectivity index (χ0v) is 12.7. The van der Waals surface area contributed by atoms with Crippen molar-refractivity contribution in [2.24, 2.45) is 0 Å². The van der Waals surface area contributed by atoms with Crippen LogP contribution < -0.4 is 5.32 Å². The minimum absolute atomic E-state index is 0.132. The Kier molecular flexibility index (Phi) is 4.93. The van der Waals surface area contributed by atoms with Crippen LogP contribution >= 0.6 is 0 Å². The van der Waals surface area contributed by atoms with Crippen molar-refractivity contribution in [3.8, 4) is 0 Å². The van der Waals surface area contributed by atoms with Crippen LogP contribution in [0.15, 0.2) is 42.7 Å². The third-order valence-electron chi connectivity index (χ3n) is 3.25. The molecular formula is C17H21N3O. The molecule has 0 unspecified atom stereocenters. The zero-order valence-electron chi connectivity index (χ0n) is 12.7. The molecule has 0 aliphatic heterocycles. The highest BCUT2D eigenvalue weighted by atomic mass is 16.1. The van der Waals surface area contributed by atoms with Crippen LogP contribution in [-0.4, -0.2) is 15.7 Å². The first-order valence-corrected chi connectivity index (χ1v) is 7.20. The molecule has 2 aromatic rings. The van der Waals surface area contributed by atoms with Crippen molar-refractivity contribution < 1.29 is 4.79 Å². The standard InChI is InChI=1S/C17H21N3O/c1-4-20-12-14(11-18-20)9-10-17(21)19-16-8-6-5-7-15(16)13(2)3/h5-13H,4H2,1-3H3,(H,19,21)/b10-9+. The van der Waals surface area contributed by atoms with Crippen LogP contribution in [0.25, 0.3) is 6.08 Å². The molecule has 0 spiro atoms. The lowest BCUT2D eigenvalue weighted by atomic mass is 10.0. The average molecular weight is 283 g/mol. The summed E-state index contributed by atoms with van der Waals surface area (Å²) in [5, 5.41) is 7.10. The van der Waals surface area contributed by atoms with Gasteiger partial charge in [0.2, 0.25) is 5.91 Å². The van der Waals surface area contributed by atoms with Crippen LogP contribution in [-0.2, 0) is 11.3 Å². The van der Waals surface area contributed by atoms with E-state index in [1.807, 2.05) is 42.1 Å². The summed E-state index contributed by atoms with van der Waals surface area (Å²) in [5.74, 6) is 0.237. The molecule has 1 aromatic heterocycles. The minimum Gasteiger partial charge on any atom is -0.322 e. The van der Waals surface area contributed by atoms with Gasteiger partial charge in [-0.05, 0) is 30.5 Å². The number of nitrogens with zero attached hydrogens (tertiary/aromatic N) is 2. The Morgan fingerprint density at radius 1 is 1.38 bits per heavy atom. The van der Waals surface area contributed by atoms with Crippen molar-refractivity contribution in [3.63, 3.8) is 0 Å². The maximum atomic E-state index is 12.0. The second-order valence-corrected chi connectivity index (χ2v) is 5.19. The number of aryl methyl sites for hydroxylation is 1. The normalized spacial score (nSPS) is 11.2. The van der Waals surface area contributed by atoms with Gasteiger partial charge in [-0.3, -0.25) is 9.48 Å². The van der Waals surface area contributed by atoms with E-state index in [1.54, 1.807) is 12.3 Å². The van der Waals surface area contributed by atoms with Crippen molar-refractivity contribution >= 4 is 17.7 Å². The van der Waals surface area contributed by atoms with E-state index in [9.17, 15) is 4.79 Å². The van der Waals surface area contributed by atoms with Gasteiger partial charge in [0.25, 0.3) is 0 Å². The van der Waals surface area contributed by atoms with E-state index in [0.717, 1.165) is 23.4 Å². The molecule has 0 atom stereocenters. The molecule has 21 heavy (non-hydrogen) atoms. The molecule has 4 nitrogen and oxygen atoms in total. The van der Waals surface area contributed by atoms with E-state index in [0.29, 0.717) is 5.92 Å². The third-order valence-corrected chi connectivity index (χ3v) is 3.25. The first kappa shape index (κ1) is 15.0. The van der Waals surface area contributed by atoms with Crippen molar-refractivity contribution in [2.45, 2.75) is 33.2 Å². The Morgan fingerprint density at radius 3 is 2.81 bits per heavy atom. The van der Waals surface area contributed by atoms with Crippen LogP contribution in [0.5, 0.6) is 0 Å². The quantitative estimate of drug-likeness (QED) is 0.851. The lowest BCUT2D eigenvalue weighted by Crippen LogP contribution is -2.10. The number of anilines is 1. The Hall–Kier alpha value is -2.36. The van der Waals surface area contributed by atoms with Gasteiger partial charge in [0, 0.05) is 30.1 Å². The van der Waals surface area contributed by atoms with Crippen LogP contribution in [0.2, 0.25) is 0 Å². The summed E-state index contributed by atoms with van der Waals surface area (Å²) in [4.78, 5) is 12.0. The number of para-hydroxylation sites is 1. The molecular weight excluding hydrogens is 262 g/mol. The number of amides is 1. The van der Waals surface area contributed by atoms with E-state index >= 15 is 0 Å². The van der Waals surface area contributed by atoms with Crippen LogP contribution in [0.3, 0.4) is 0 Å². The third kappa shape index (κ3) is 4.05. The predicted octanol–water partition coefficient (Wildman–Crippen LogP) is 3.68. The van der Waals surface area contributed by atoms with Gasteiger partial charge in [-0.15, -0.1) is 0 Å². The summed E-state index contributed by atoms with van der Waals surface area (Å²) in [5.41, 5.74) is 2.92. The summed E-state index contributed by atoms with van der Waals surface area (Å²) in [7, 11) is 0. The molecule has 0 saturated carbocycles. The minimum atomic E-state index is -0.132. The smallest absolute Gasteiger partial charge is 0.248 e. The van der Waals surface area contributed by atoms with Gasteiger partial charge in [-0.25, -0.2) is 0 Å². The summed E-state index contributed by atoms with van der Waals surface area (Å²) in [6.07, 6.45) is 6.96. The van der Waals surface area contributed by atoms with Crippen molar-refractivity contribution in [1.82, 2.24) is 9.78 Å². The molecule has 1 heterocycles. The Morgan fingerprint density at radius 2 is 2.14 bits per heavy atom. The molecule has 0 saturated heterocycles. The van der Waals surface area contributed by atoms with Crippen LogP contribution in [0.4, 0.5) is 5.69 Å². The Bertz CT molecular complexity index is 641. The number of benzene rings is 1. The molecule has 0 bridgehead atoms. The number of hydrogen-bond donors (Lipinski definition) is 1. The SMILES string of the molecule is CCn1cc(/C=C/C(=O)Nc2ccccc2C(C)C)cn1. The Balaban J connectivity index is 2.05. The fraction of sp³-hybridized carbons (Fsp3) is 0.294. The van der Waals surface area contributed by atoms with Crippen LogP contribution in [0.1, 0.15) is 37.8 Å². The highest BCUT2D eigenvalue weighted by molar-refractivity contribution is 6.02. The highest BCUT2D eigenvalue weighted by Crippen LogP contribution is 2.23. The van der Waals surface area contributed by atoms with Gasteiger partial charge in [-0.1, -0.05) is 32.0 Å². The van der Waals surface area contributed by atoms with Gasteiger partial charge in [-0.2, -0.15) is 5.10 Å².